The lowest BCUT2D eigenvalue weighted by Gasteiger charge is -2.40. The van der Waals surface area contributed by atoms with Crippen molar-refractivity contribution in [3.8, 4) is 64.7 Å². The van der Waals surface area contributed by atoms with Crippen LogP contribution in [0.2, 0.25) is 0 Å². The van der Waals surface area contributed by atoms with Gasteiger partial charge >= 0.3 is 7.60 Å². The van der Waals surface area contributed by atoms with Crippen LogP contribution in [0.3, 0.4) is 0 Å². The van der Waals surface area contributed by atoms with E-state index in [4.69, 9.17) is 9.05 Å². The van der Waals surface area contributed by atoms with E-state index in [1.807, 2.05) is 36.5 Å². The van der Waals surface area contributed by atoms with E-state index in [2.05, 4.69) is 143 Å². The van der Waals surface area contributed by atoms with Gasteiger partial charge in [0.15, 0.2) is 0 Å². The van der Waals surface area contributed by atoms with Crippen molar-refractivity contribution in [1.82, 2.24) is 0 Å². The van der Waals surface area contributed by atoms with E-state index in [0.717, 1.165) is 17.7 Å². The first-order chi connectivity index (χ1) is 42.6. The lowest BCUT2D eigenvalue weighted by atomic mass is 9.63. The maximum Gasteiger partial charge on any atom is 0.335 e. The molecule has 3 aliphatic rings. The molecule has 0 aliphatic heterocycles. The molecular weight excluding hydrogens is 1140 g/mol. The SMILES string of the molecule is CCCCCCC1(CCCCCC)c2cc(-c3cccs3)ccc2-c2c1c1c(c3c2C(CCCCCC)(CCCCCC)c2cc(-c4ccc(CP(=O)(OCC)OCC)s4)ccc2-3)C(CCCCCC)(CCCCCC)c2cc(-c3cccs3)ccc2-1. The fraction of sp³-hybridized carbons (Fsp3) is 0.550. The van der Waals surface area contributed by atoms with E-state index in [1.54, 1.807) is 72.5 Å². The number of hydrogen-bond donors (Lipinski definition) is 0. The van der Waals surface area contributed by atoms with Crippen LogP contribution in [-0.4, -0.2) is 13.2 Å². The summed E-state index contributed by atoms with van der Waals surface area (Å²) < 4.78 is 25.9. The Morgan fingerprint density at radius 3 is 0.977 bits per heavy atom. The Morgan fingerprint density at radius 2 is 0.690 bits per heavy atom. The summed E-state index contributed by atoms with van der Waals surface area (Å²) in [6.07, 6.45) is 37.5. The molecule has 468 valence electrons. The third kappa shape index (κ3) is 13.6. The Hall–Kier alpha value is -3.87. The minimum absolute atomic E-state index is 0.144. The van der Waals surface area contributed by atoms with Crippen LogP contribution in [0.25, 0.3) is 64.7 Å². The maximum absolute atomic E-state index is 14.1. The quantitative estimate of drug-likeness (QED) is 0.0285. The van der Waals surface area contributed by atoms with Crippen LogP contribution in [0.5, 0.6) is 0 Å². The van der Waals surface area contributed by atoms with Crippen molar-refractivity contribution in [1.29, 1.82) is 0 Å². The standard InChI is InChI=1S/C80H107O3PS3/c1-9-17-23-29-47-78(48-30-24-18-10-2)67-56-60(70-38-36-54-86-70)40-44-64(67)73-75(78)72-63-43-39-59(69-37-35-53-85-69)55-66(63)79(49-31-25-19-11-3,50-32-26-20-12-4)76(72)74-65-45-41-61(71-46-42-62(87-71)58-84(81,82-15-7)83-16-8)57-68(65)80(77(73)74,51-33-27-21-13-5)52-34-28-22-14-6/h35-46,53-57H,9-34,47-52,58H2,1-8H3. The van der Waals surface area contributed by atoms with Gasteiger partial charge in [-0.2, -0.15) is 0 Å². The highest BCUT2D eigenvalue weighted by atomic mass is 32.1. The Labute approximate surface area is 539 Å². The highest BCUT2D eigenvalue weighted by molar-refractivity contribution is 7.53. The molecule has 0 saturated carbocycles. The first kappa shape index (κ1) is 66.1. The Balaban J connectivity index is 1.37. The van der Waals surface area contributed by atoms with Crippen molar-refractivity contribution < 1.29 is 13.6 Å². The van der Waals surface area contributed by atoms with E-state index in [0.29, 0.717) is 19.4 Å². The smallest absolute Gasteiger partial charge is 0.309 e. The number of thiophene rings is 3. The van der Waals surface area contributed by atoms with E-state index >= 15 is 0 Å². The molecule has 10 rings (SSSR count). The van der Waals surface area contributed by atoms with Gasteiger partial charge in [-0.1, -0.05) is 244 Å². The summed E-state index contributed by atoms with van der Waals surface area (Å²) >= 11 is 5.60. The van der Waals surface area contributed by atoms with Crippen LogP contribution in [0, 0.1) is 0 Å². The monoisotopic (exact) mass is 1240 g/mol. The molecule has 3 aliphatic carbocycles. The van der Waals surface area contributed by atoms with Crippen LogP contribution in [0.1, 0.15) is 286 Å². The maximum atomic E-state index is 14.1. The number of unbranched alkanes of at least 4 members (excludes halogenated alkanes) is 18. The molecule has 0 spiro atoms. The topological polar surface area (TPSA) is 35.5 Å². The van der Waals surface area contributed by atoms with Gasteiger partial charge in [-0.3, -0.25) is 4.57 Å². The molecule has 0 atom stereocenters. The summed E-state index contributed by atoms with van der Waals surface area (Å²) in [5.74, 6) is 0. The summed E-state index contributed by atoms with van der Waals surface area (Å²) in [4.78, 5) is 5.07. The van der Waals surface area contributed by atoms with Gasteiger partial charge in [0.25, 0.3) is 0 Å². The average molecular weight is 1240 g/mol. The van der Waals surface area contributed by atoms with Gasteiger partial charge in [0.1, 0.15) is 0 Å². The van der Waals surface area contributed by atoms with Gasteiger partial charge in [-0.25, -0.2) is 0 Å². The fourth-order valence-corrected chi connectivity index (χ4v) is 21.1. The van der Waals surface area contributed by atoms with Gasteiger partial charge < -0.3 is 9.05 Å². The minimum Gasteiger partial charge on any atom is -0.309 e. The molecule has 0 fully saturated rings. The second-order valence-corrected chi connectivity index (χ2v) is 31.6. The molecule has 3 aromatic heterocycles. The lowest BCUT2D eigenvalue weighted by Crippen LogP contribution is -2.31. The predicted molar refractivity (Wildman–Crippen MR) is 382 cm³/mol. The van der Waals surface area contributed by atoms with Crippen molar-refractivity contribution in [2.75, 3.05) is 13.2 Å². The molecule has 87 heavy (non-hydrogen) atoms. The molecule has 0 unspecified atom stereocenters. The Morgan fingerprint density at radius 1 is 0.368 bits per heavy atom. The molecular formula is C80H107O3PS3. The highest BCUT2D eigenvalue weighted by Crippen LogP contribution is 2.72. The Kier molecular flexibility index (Phi) is 23.5. The molecule has 7 aromatic rings. The summed E-state index contributed by atoms with van der Waals surface area (Å²) in [6, 6.07) is 37.6. The molecule has 0 bridgehead atoms. The summed E-state index contributed by atoms with van der Waals surface area (Å²) in [7, 11) is -3.29. The second kappa shape index (κ2) is 31.0. The van der Waals surface area contributed by atoms with Crippen LogP contribution < -0.4 is 0 Å². The number of hydrogen-bond acceptors (Lipinski definition) is 6. The van der Waals surface area contributed by atoms with Crippen LogP contribution >= 0.6 is 41.6 Å². The molecule has 0 amide bonds. The molecule has 3 nitrogen and oxygen atoms in total. The number of benzene rings is 4. The van der Waals surface area contributed by atoms with Crippen molar-refractivity contribution >= 4 is 41.6 Å². The lowest BCUT2D eigenvalue weighted by molar-refractivity contribution is 0.219. The molecule has 4 aromatic carbocycles. The van der Waals surface area contributed by atoms with Crippen LogP contribution in [0.15, 0.2) is 102 Å². The van der Waals surface area contributed by atoms with Gasteiger partial charge in [-0.15, -0.1) is 34.0 Å². The Bertz CT molecular complexity index is 3270. The molecule has 3 heterocycles. The first-order valence-electron chi connectivity index (χ1n) is 35.4. The molecule has 7 heteroatoms. The predicted octanol–water partition coefficient (Wildman–Crippen LogP) is 27.3. The second-order valence-electron chi connectivity index (χ2n) is 26.5. The summed E-state index contributed by atoms with van der Waals surface area (Å²) in [5, 5.41) is 4.58. The largest absolute Gasteiger partial charge is 0.335 e. The first-order valence-corrected chi connectivity index (χ1v) is 39.7. The van der Waals surface area contributed by atoms with Crippen LogP contribution in [0.4, 0.5) is 0 Å². The zero-order valence-corrected chi connectivity index (χ0v) is 58.4. The van der Waals surface area contributed by atoms with E-state index in [-0.39, 0.29) is 16.2 Å². The van der Waals surface area contributed by atoms with E-state index in [1.165, 1.54) is 217 Å². The molecule has 0 N–H and O–H groups in total. The molecule has 0 saturated heterocycles. The number of rotatable bonds is 39. The number of fused-ring (bicyclic) bond motifs is 12. The van der Waals surface area contributed by atoms with Gasteiger partial charge in [0, 0.05) is 35.8 Å². The van der Waals surface area contributed by atoms with Crippen molar-refractivity contribution in [2.45, 2.75) is 270 Å². The van der Waals surface area contributed by atoms with Crippen molar-refractivity contribution in [3.05, 3.63) is 140 Å². The average Bonchev–Trinajstić information content (AvgIpc) is 1.49. The normalized spacial score (nSPS) is 14.8. The highest BCUT2D eigenvalue weighted by Gasteiger charge is 2.58. The third-order valence-electron chi connectivity index (χ3n) is 20.7. The van der Waals surface area contributed by atoms with Gasteiger partial charge in [0.2, 0.25) is 0 Å². The third-order valence-corrected chi connectivity index (χ3v) is 25.9. The van der Waals surface area contributed by atoms with E-state index < -0.39 is 7.60 Å². The zero-order valence-electron chi connectivity index (χ0n) is 55.0. The van der Waals surface area contributed by atoms with Crippen molar-refractivity contribution in [3.63, 3.8) is 0 Å². The van der Waals surface area contributed by atoms with Gasteiger partial charge in [0.05, 0.1) is 19.4 Å². The summed E-state index contributed by atoms with van der Waals surface area (Å²) in [5.41, 5.74) is 23.2. The van der Waals surface area contributed by atoms with Crippen LogP contribution in [-0.2, 0) is 36.0 Å². The minimum atomic E-state index is -3.29. The van der Waals surface area contributed by atoms with E-state index in [9.17, 15) is 4.57 Å². The summed E-state index contributed by atoms with van der Waals surface area (Å²) in [6.45, 7) is 19.0. The molecule has 0 radical (unpaired) electrons. The zero-order chi connectivity index (χ0) is 60.9. The van der Waals surface area contributed by atoms with Crippen molar-refractivity contribution in [2.24, 2.45) is 0 Å². The van der Waals surface area contributed by atoms with Gasteiger partial charge in [-0.05, 0) is 189 Å². The fourth-order valence-electron chi connectivity index (χ4n) is 16.6.